The van der Waals surface area contributed by atoms with Crippen molar-refractivity contribution in [3.63, 3.8) is 0 Å². The highest BCUT2D eigenvalue weighted by molar-refractivity contribution is 5.18. The van der Waals surface area contributed by atoms with Crippen LogP contribution in [0.5, 0.6) is 0 Å². The van der Waals surface area contributed by atoms with Gasteiger partial charge in [0.25, 0.3) is 0 Å². The predicted molar refractivity (Wildman–Crippen MR) is 78.7 cm³/mol. The van der Waals surface area contributed by atoms with E-state index in [2.05, 4.69) is 26.1 Å². The average molecular weight is 263 g/mol. The molecule has 0 bridgehead atoms. The van der Waals surface area contributed by atoms with Crippen LogP contribution < -0.4 is 5.32 Å². The molecule has 2 heteroatoms. The van der Waals surface area contributed by atoms with Gasteiger partial charge < -0.3 is 5.32 Å². The third-order valence-corrected chi connectivity index (χ3v) is 4.48. The molecule has 2 unspecified atom stereocenters. The van der Waals surface area contributed by atoms with Crippen LogP contribution in [0.4, 0.5) is 4.39 Å². The fraction of sp³-hybridized carbons (Fsp3) is 0.647. The van der Waals surface area contributed by atoms with Crippen LogP contribution >= 0.6 is 0 Å². The van der Waals surface area contributed by atoms with Gasteiger partial charge >= 0.3 is 0 Å². The quantitative estimate of drug-likeness (QED) is 0.853. The summed E-state index contributed by atoms with van der Waals surface area (Å²) in [5, 5.41) is 3.72. The van der Waals surface area contributed by atoms with Crippen molar-refractivity contribution in [1.82, 2.24) is 5.32 Å². The van der Waals surface area contributed by atoms with Gasteiger partial charge in [-0.1, -0.05) is 44.9 Å². The van der Waals surface area contributed by atoms with Crippen LogP contribution in [0.1, 0.15) is 52.0 Å². The minimum Gasteiger partial charge on any atom is -0.311 e. The lowest BCUT2D eigenvalue weighted by molar-refractivity contribution is 0.157. The van der Waals surface area contributed by atoms with Crippen molar-refractivity contribution in [3.05, 3.63) is 35.6 Å². The summed E-state index contributed by atoms with van der Waals surface area (Å²) in [4.78, 5) is 0. The first kappa shape index (κ1) is 14.5. The van der Waals surface area contributed by atoms with Crippen molar-refractivity contribution in [2.45, 2.75) is 65.0 Å². The largest absolute Gasteiger partial charge is 0.311 e. The Balaban J connectivity index is 1.94. The lowest BCUT2D eigenvalue weighted by Gasteiger charge is -2.40. The third kappa shape index (κ3) is 3.79. The lowest BCUT2D eigenvalue weighted by Crippen LogP contribution is -2.48. The summed E-state index contributed by atoms with van der Waals surface area (Å²) < 4.78 is 13.7. The van der Waals surface area contributed by atoms with E-state index in [1.807, 2.05) is 12.1 Å². The third-order valence-electron chi connectivity index (χ3n) is 4.48. The van der Waals surface area contributed by atoms with Crippen molar-refractivity contribution in [2.75, 3.05) is 0 Å². The Kier molecular flexibility index (Phi) is 4.62. The van der Waals surface area contributed by atoms with Crippen molar-refractivity contribution >= 4 is 0 Å². The molecule has 0 amide bonds. The Morgan fingerprint density at radius 3 is 2.74 bits per heavy atom. The summed E-state index contributed by atoms with van der Waals surface area (Å²) in [6.45, 7) is 6.86. The molecule has 1 saturated carbocycles. The maximum atomic E-state index is 13.7. The van der Waals surface area contributed by atoms with Gasteiger partial charge in [-0.3, -0.25) is 0 Å². The Morgan fingerprint density at radius 1 is 1.32 bits per heavy atom. The molecule has 0 aromatic heterocycles. The summed E-state index contributed by atoms with van der Waals surface area (Å²) in [5.74, 6) is -0.0842. The van der Waals surface area contributed by atoms with E-state index in [4.69, 9.17) is 0 Å². The number of benzene rings is 1. The Hall–Kier alpha value is -0.890. The zero-order chi connectivity index (χ0) is 13.9. The Bertz CT molecular complexity index is 413. The maximum absolute atomic E-state index is 13.7. The standard InChI is InChI=1S/C17H26FN/c1-13(12-14-8-4-5-9-15(14)18)19-16-10-6-7-11-17(16,2)3/h4-5,8-9,13,16,19H,6-7,10-12H2,1-3H3. The van der Waals surface area contributed by atoms with Crippen molar-refractivity contribution in [3.8, 4) is 0 Å². The Morgan fingerprint density at radius 2 is 2.05 bits per heavy atom. The summed E-state index contributed by atoms with van der Waals surface area (Å²) in [5.41, 5.74) is 1.18. The minimum absolute atomic E-state index is 0.0842. The molecule has 1 fully saturated rings. The van der Waals surface area contributed by atoms with Gasteiger partial charge in [-0.15, -0.1) is 0 Å². The van der Waals surface area contributed by atoms with E-state index >= 15 is 0 Å². The van der Waals surface area contributed by atoms with Gasteiger partial charge in [0, 0.05) is 12.1 Å². The van der Waals surface area contributed by atoms with Crippen molar-refractivity contribution in [2.24, 2.45) is 5.41 Å². The first-order valence-electron chi connectivity index (χ1n) is 7.48. The molecule has 1 aliphatic carbocycles. The number of nitrogens with one attached hydrogen (secondary N) is 1. The molecule has 1 aliphatic rings. The van der Waals surface area contributed by atoms with Crippen LogP contribution in [0.25, 0.3) is 0 Å². The van der Waals surface area contributed by atoms with Gasteiger partial charge in [0.05, 0.1) is 0 Å². The molecule has 1 N–H and O–H groups in total. The van der Waals surface area contributed by atoms with Gasteiger partial charge in [-0.05, 0) is 43.2 Å². The molecule has 0 heterocycles. The minimum atomic E-state index is -0.0842. The van der Waals surface area contributed by atoms with Crippen molar-refractivity contribution < 1.29 is 4.39 Å². The van der Waals surface area contributed by atoms with Gasteiger partial charge in [-0.25, -0.2) is 4.39 Å². The molecule has 1 nitrogen and oxygen atoms in total. The normalized spacial score (nSPS) is 24.1. The highest BCUT2D eigenvalue weighted by Crippen LogP contribution is 2.35. The summed E-state index contributed by atoms with van der Waals surface area (Å²) >= 11 is 0. The molecule has 19 heavy (non-hydrogen) atoms. The fourth-order valence-corrected chi connectivity index (χ4v) is 3.20. The molecule has 0 radical (unpaired) electrons. The van der Waals surface area contributed by atoms with E-state index in [1.165, 1.54) is 25.7 Å². The summed E-state index contributed by atoms with van der Waals surface area (Å²) in [6, 6.07) is 7.98. The molecule has 0 aliphatic heterocycles. The first-order chi connectivity index (χ1) is 8.99. The van der Waals surface area contributed by atoms with E-state index in [0.717, 1.165) is 12.0 Å². The van der Waals surface area contributed by atoms with Gasteiger partial charge in [0.15, 0.2) is 0 Å². The number of rotatable bonds is 4. The highest BCUT2D eigenvalue weighted by atomic mass is 19.1. The monoisotopic (exact) mass is 263 g/mol. The number of hydrogen-bond acceptors (Lipinski definition) is 1. The van der Waals surface area contributed by atoms with Gasteiger partial charge in [0.2, 0.25) is 0 Å². The topological polar surface area (TPSA) is 12.0 Å². The average Bonchev–Trinajstić information content (AvgIpc) is 2.35. The van der Waals surface area contributed by atoms with Crippen LogP contribution in [0.15, 0.2) is 24.3 Å². The lowest BCUT2D eigenvalue weighted by atomic mass is 9.73. The molecule has 1 aromatic carbocycles. The Labute approximate surface area is 116 Å². The van der Waals surface area contributed by atoms with Gasteiger partial charge in [-0.2, -0.15) is 0 Å². The molecule has 0 spiro atoms. The molecular formula is C17H26FN. The smallest absolute Gasteiger partial charge is 0.126 e. The van der Waals surface area contributed by atoms with Crippen LogP contribution in [0.2, 0.25) is 0 Å². The molecule has 106 valence electrons. The first-order valence-corrected chi connectivity index (χ1v) is 7.48. The summed E-state index contributed by atoms with van der Waals surface area (Å²) in [7, 11) is 0. The van der Waals surface area contributed by atoms with E-state index in [0.29, 0.717) is 17.5 Å². The second kappa shape index (κ2) is 6.04. The van der Waals surface area contributed by atoms with E-state index in [9.17, 15) is 4.39 Å². The van der Waals surface area contributed by atoms with Crippen molar-refractivity contribution in [1.29, 1.82) is 0 Å². The molecule has 2 atom stereocenters. The van der Waals surface area contributed by atoms with E-state index < -0.39 is 0 Å². The van der Waals surface area contributed by atoms with Gasteiger partial charge in [0.1, 0.15) is 5.82 Å². The highest BCUT2D eigenvalue weighted by Gasteiger charge is 2.32. The maximum Gasteiger partial charge on any atom is 0.126 e. The molecule has 1 aromatic rings. The predicted octanol–water partition coefficient (Wildman–Crippen LogP) is 4.32. The van der Waals surface area contributed by atoms with Crippen LogP contribution in [0.3, 0.4) is 0 Å². The van der Waals surface area contributed by atoms with E-state index in [1.54, 1.807) is 12.1 Å². The second-order valence-electron chi connectivity index (χ2n) is 6.65. The number of halogens is 1. The zero-order valence-electron chi connectivity index (χ0n) is 12.4. The zero-order valence-corrected chi connectivity index (χ0v) is 12.4. The number of hydrogen-bond donors (Lipinski definition) is 1. The molecule has 0 saturated heterocycles. The molecule has 2 rings (SSSR count). The molecular weight excluding hydrogens is 237 g/mol. The van der Waals surface area contributed by atoms with E-state index in [-0.39, 0.29) is 5.82 Å². The van der Waals surface area contributed by atoms with Crippen LogP contribution in [0, 0.1) is 11.2 Å². The fourth-order valence-electron chi connectivity index (χ4n) is 3.20. The van der Waals surface area contributed by atoms with Crippen LogP contribution in [-0.4, -0.2) is 12.1 Å². The second-order valence-corrected chi connectivity index (χ2v) is 6.65. The SMILES string of the molecule is CC(Cc1ccccc1F)NC1CCCCC1(C)C. The van der Waals surface area contributed by atoms with Crippen LogP contribution in [-0.2, 0) is 6.42 Å². The summed E-state index contributed by atoms with van der Waals surface area (Å²) in [6.07, 6.45) is 5.95.